The molecular weight excluding hydrogens is 140 g/mol. The Morgan fingerprint density at radius 3 is 2.27 bits per heavy atom. The largest absolute Gasteiger partial charge is 0.271 e. The van der Waals surface area contributed by atoms with Gasteiger partial charge in [-0.25, -0.2) is 0 Å². The Morgan fingerprint density at radius 1 is 1.27 bits per heavy atom. The van der Waals surface area contributed by atoms with Crippen molar-refractivity contribution in [1.82, 2.24) is 10.9 Å². The van der Waals surface area contributed by atoms with E-state index < -0.39 is 0 Å². The van der Waals surface area contributed by atoms with Crippen molar-refractivity contribution in [3.05, 3.63) is 0 Å². The number of hydrogen-bond donors (Lipinski definition) is 4. The summed E-state index contributed by atoms with van der Waals surface area (Å²) in [6.45, 7) is 4.19. The summed E-state index contributed by atoms with van der Waals surface area (Å²) in [6, 6.07) is 0.702. The lowest BCUT2D eigenvalue weighted by molar-refractivity contribution is 0.397. The van der Waals surface area contributed by atoms with Gasteiger partial charge in [0.05, 0.1) is 0 Å². The summed E-state index contributed by atoms with van der Waals surface area (Å²) in [5.41, 5.74) is 5.47. The van der Waals surface area contributed by atoms with Crippen LogP contribution in [0, 0.1) is 0 Å². The molecule has 0 saturated heterocycles. The van der Waals surface area contributed by atoms with Gasteiger partial charge in [0.1, 0.15) is 0 Å². The van der Waals surface area contributed by atoms with Crippen molar-refractivity contribution in [1.29, 1.82) is 0 Å². The van der Waals surface area contributed by atoms with E-state index in [4.69, 9.17) is 11.7 Å². The summed E-state index contributed by atoms with van der Waals surface area (Å²) < 4.78 is 0. The van der Waals surface area contributed by atoms with Gasteiger partial charge in [-0.3, -0.25) is 22.5 Å². The summed E-state index contributed by atoms with van der Waals surface area (Å²) in [5, 5.41) is 0. The minimum atomic E-state index is 0.322. The van der Waals surface area contributed by atoms with Crippen LogP contribution < -0.4 is 22.5 Å². The maximum atomic E-state index is 5.34. The van der Waals surface area contributed by atoms with Crippen LogP contribution in [0.4, 0.5) is 0 Å². The normalized spacial score (nSPS) is 16.4. The smallest absolute Gasteiger partial charge is 0.0225 e. The number of hydrogen-bond acceptors (Lipinski definition) is 4. The van der Waals surface area contributed by atoms with E-state index in [1.807, 2.05) is 6.92 Å². The molecule has 0 aliphatic rings. The molecule has 4 heteroatoms. The summed E-state index contributed by atoms with van der Waals surface area (Å²) in [5.74, 6) is 10.6. The molecule has 0 aromatic rings. The molecule has 0 aromatic heterocycles. The Balaban J connectivity index is 3.49. The van der Waals surface area contributed by atoms with E-state index in [1.165, 1.54) is 0 Å². The Bertz CT molecular complexity index is 86.5. The monoisotopic (exact) mass is 160 g/mol. The highest BCUT2D eigenvalue weighted by atomic mass is 15.3. The lowest BCUT2D eigenvalue weighted by Crippen LogP contribution is -2.42. The molecule has 0 aliphatic heterocycles. The zero-order valence-electron chi connectivity index (χ0n) is 7.43. The van der Waals surface area contributed by atoms with Gasteiger partial charge in [0.25, 0.3) is 0 Å². The van der Waals surface area contributed by atoms with Crippen LogP contribution in [0.3, 0.4) is 0 Å². The Morgan fingerprint density at radius 2 is 1.91 bits per heavy atom. The van der Waals surface area contributed by atoms with Crippen molar-refractivity contribution in [2.24, 2.45) is 11.7 Å². The van der Waals surface area contributed by atoms with Gasteiger partial charge in [0.2, 0.25) is 0 Å². The lowest BCUT2D eigenvalue weighted by atomic mass is 10.1. The van der Waals surface area contributed by atoms with Gasteiger partial charge >= 0.3 is 0 Å². The summed E-state index contributed by atoms with van der Waals surface area (Å²) in [4.78, 5) is 0. The zero-order chi connectivity index (χ0) is 8.69. The van der Waals surface area contributed by atoms with Gasteiger partial charge in [-0.2, -0.15) is 0 Å². The Hall–Kier alpha value is -0.160. The average molecular weight is 160 g/mol. The van der Waals surface area contributed by atoms with E-state index in [-0.39, 0.29) is 0 Å². The predicted octanol–water partition coefficient (Wildman–Crippen LogP) is -0.140. The second-order valence-corrected chi connectivity index (χ2v) is 2.96. The summed E-state index contributed by atoms with van der Waals surface area (Å²) >= 11 is 0. The highest BCUT2D eigenvalue weighted by Gasteiger charge is 2.08. The topological polar surface area (TPSA) is 76.1 Å². The predicted molar refractivity (Wildman–Crippen MR) is 47.4 cm³/mol. The van der Waals surface area contributed by atoms with Crippen molar-refractivity contribution in [2.45, 2.75) is 45.2 Å². The third-order valence-corrected chi connectivity index (χ3v) is 1.80. The fourth-order valence-corrected chi connectivity index (χ4v) is 1.11. The Kier molecular flexibility index (Phi) is 6.45. The number of nitrogens with one attached hydrogen (secondary N) is 2. The third-order valence-electron chi connectivity index (χ3n) is 1.80. The maximum absolute atomic E-state index is 5.34. The number of nitrogens with two attached hydrogens (primary N) is 2. The summed E-state index contributed by atoms with van der Waals surface area (Å²) in [7, 11) is 0. The maximum Gasteiger partial charge on any atom is 0.0225 e. The van der Waals surface area contributed by atoms with E-state index >= 15 is 0 Å². The van der Waals surface area contributed by atoms with Crippen LogP contribution >= 0.6 is 0 Å². The van der Waals surface area contributed by atoms with Gasteiger partial charge < -0.3 is 0 Å². The molecule has 2 unspecified atom stereocenters. The van der Waals surface area contributed by atoms with Crippen LogP contribution in [0.25, 0.3) is 0 Å². The fraction of sp³-hybridized carbons (Fsp3) is 1.00. The van der Waals surface area contributed by atoms with Crippen LogP contribution in [0.15, 0.2) is 0 Å². The first-order valence-corrected chi connectivity index (χ1v) is 4.16. The van der Waals surface area contributed by atoms with Gasteiger partial charge in [-0.05, 0) is 19.8 Å². The van der Waals surface area contributed by atoms with Crippen molar-refractivity contribution >= 4 is 0 Å². The van der Waals surface area contributed by atoms with Crippen LogP contribution in [0.5, 0.6) is 0 Å². The number of hydrazine groups is 2. The van der Waals surface area contributed by atoms with E-state index in [2.05, 4.69) is 17.8 Å². The van der Waals surface area contributed by atoms with Crippen LogP contribution in [-0.2, 0) is 0 Å². The van der Waals surface area contributed by atoms with Crippen molar-refractivity contribution in [3.63, 3.8) is 0 Å². The van der Waals surface area contributed by atoms with E-state index in [0.717, 1.165) is 19.3 Å². The molecule has 0 radical (unpaired) electrons. The molecule has 11 heavy (non-hydrogen) atoms. The molecule has 0 amide bonds. The van der Waals surface area contributed by atoms with Crippen LogP contribution in [0.2, 0.25) is 0 Å². The fourth-order valence-electron chi connectivity index (χ4n) is 1.11. The average Bonchev–Trinajstić information content (AvgIpc) is 2.03. The minimum Gasteiger partial charge on any atom is -0.271 e. The molecule has 0 spiro atoms. The first kappa shape index (κ1) is 10.8. The quantitative estimate of drug-likeness (QED) is 0.322. The molecule has 0 rings (SSSR count). The second-order valence-electron chi connectivity index (χ2n) is 2.96. The minimum absolute atomic E-state index is 0.322. The van der Waals surface area contributed by atoms with Crippen molar-refractivity contribution in [3.8, 4) is 0 Å². The molecule has 0 saturated carbocycles. The van der Waals surface area contributed by atoms with Crippen LogP contribution in [-0.4, -0.2) is 12.1 Å². The molecule has 6 N–H and O–H groups in total. The molecule has 0 heterocycles. The van der Waals surface area contributed by atoms with E-state index in [9.17, 15) is 0 Å². The molecule has 0 aromatic carbocycles. The molecule has 0 bridgehead atoms. The van der Waals surface area contributed by atoms with Crippen LogP contribution in [0.1, 0.15) is 33.1 Å². The molecule has 0 fully saturated rings. The van der Waals surface area contributed by atoms with Crippen molar-refractivity contribution < 1.29 is 0 Å². The second kappa shape index (κ2) is 6.54. The molecule has 4 nitrogen and oxygen atoms in total. The van der Waals surface area contributed by atoms with Gasteiger partial charge in [-0.15, -0.1) is 0 Å². The first-order chi connectivity index (χ1) is 5.24. The summed E-state index contributed by atoms with van der Waals surface area (Å²) in [6.07, 6.45) is 3.22. The molecular formula is C7H20N4. The van der Waals surface area contributed by atoms with E-state index in [1.54, 1.807) is 0 Å². The molecule has 2 atom stereocenters. The zero-order valence-corrected chi connectivity index (χ0v) is 7.43. The van der Waals surface area contributed by atoms with Gasteiger partial charge in [-0.1, -0.05) is 13.3 Å². The first-order valence-electron chi connectivity index (χ1n) is 4.16. The highest BCUT2D eigenvalue weighted by Crippen LogP contribution is 2.02. The highest BCUT2D eigenvalue weighted by molar-refractivity contribution is 4.68. The third kappa shape index (κ3) is 5.15. The van der Waals surface area contributed by atoms with Crippen molar-refractivity contribution in [2.75, 3.05) is 0 Å². The van der Waals surface area contributed by atoms with Gasteiger partial charge in [0, 0.05) is 12.1 Å². The standard InChI is InChI=1S/C7H20N4/c1-3-4-7(11-9)5-6(2)10-8/h6-7,10-11H,3-5,8-9H2,1-2H3. The van der Waals surface area contributed by atoms with E-state index in [0.29, 0.717) is 12.1 Å². The lowest BCUT2D eigenvalue weighted by Gasteiger charge is -2.18. The molecule has 0 aliphatic carbocycles. The number of rotatable bonds is 6. The molecule has 68 valence electrons. The Labute approximate surface area is 68.6 Å². The SMILES string of the molecule is CCCC(CC(C)NN)NN. The van der Waals surface area contributed by atoms with Gasteiger partial charge in [0.15, 0.2) is 0 Å².